The normalized spacial score (nSPS) is 18.9. The number of nitrogens with zero attached hydrogens (tertiary/aromatic N) is 8. The summed E-state index contributed by atoms with van der Waals surface area (Å²) in [6, 6.07) is 11.6. The molecule has 5 aromatic rings. The Morgan fingerprint density at radius 2 is 2.07 bits per heavy atom. The summed E-state index contributed by atoms with van der Waals surface area (Å²) in [7, 11) is 4.10. The number of carbonyl (C=O) groups is 1. The second kappa shape index (κ2) is 11.4. The van der Waals surface area contributed by atoms with E-state index in [9.17, 15) is 10.1 Å². The maximum absolute atomic E-state index is 17.0. The van der Waals surface area contributed by atoms with Gasteiger partial charge < -0.3 is 19.3 Å². The van der Waals surface area contributed by atoms with Crippen molar-refractivity contribution in [2.24, 2.45) is 0 Å². The van der Waals surface area contributed by atoms with Crippen LogP contribution in [-0.2, 0) is 4.79 Å². The standard InChI is InChI=1S/C34H32ClFN8O/c1-4-28(45)43-13-10-22(14-21(43)8-11-37)44-19-39-32-33(44)26-15-27(35)29(25-7-5-6-20-16-38-12-9-24(20)25)30(36)31(26)40-34(32)42-17-23(18-42)41(2)3/h4-7,9,12,15-16,19,21-23H,1,8,10,13-14,17-18H2,2-3H3/t21-,22+/m1/s1. The number of nitriles is 1. The molecule has 0 aliphatic carbocycles. The highest BCUT2D eigenvalue weighted by atomic mass is 35.5. The van der Waals surface area contributed by atoms with Crippen molar-refractivity contribution in [3.8, 4) is 17.2 Å². The third kappa shape index (κ3) is 4.78. The monoisotopic (exact) mass is 622 g/mol. The van der Waals surface area contributed by atoms with Gasteiger partial charge >= 0.3 is 0 Å². The molecule has 2 atom stereocenters. The number of carbonyl (C=O) groups excluding carboxylic acids is 1. The van der Waals surface area contributed by atoms with Crippen LogP contribution < -0.4 is 4.90 Å². The average molecular weight is 623 g/mol. The van der Waals surface area contributed by atoms with Crippen LogP contribution in [-0.4, -0.2) is 81.0 Å². The zero-order valence-corrected chi connectivity index (χ0v) is 25.9. The van der Waals surface area contributed by atoms with Crippen LogP contribution in [0.2, 0.25) is 5.02 Å². The zero-order valence-electron chi connectivity index (χ0n) is 25.1. The van der Waals surface area contributed by atoms with Gasteiger partial charge in [0.2, 0.25) is 5.91 Å². The lowest BCUT2D eigenvalue weighted by atomic mass is 9.94. The first kappa shape index (κ1) is 29.1. The van der Waals surface area contributed by atoms with Crippen molar-refractivity contribution in [2.45, 2.75) is 37.4 Å². The van der Waals surface area contributed by atoms with Crippen molar-refractivity contribution in [1.29, 1.82) is 5.26 Å². The Morgan fingerprint density at radius 3 is 2.82 bits per heavy atom. The molecule has 2 aromatic carbocycles. The molecule has 0 spiro atoms. The molecule has 2 aliphatic heterocycles. The zero-order chi connectivity index (χ0) is 31.4. The number of rotatable bonds is 6. The number of hydrogen-bond acceptors (Lipinski definition) is 7. The highest BCUT2D eigenvalue weighted by Crippen LogP contribution is 2.43. The van der Waals surface area contributed by atoms with Gasteiger partial charge in [0.15, 0.2) is 11.6 Å². The van der Waals surface area contributed by atoms with Gasteiger partial charge in [0.05, 0.1) is 29.4 Å². The third-order valence-electron chi connectivity index (χ3n) is 9.38. The van der Waals surface area contributed by atoms with E-state index < -0.39 is 5.82 Å². The first-order valence-electron chi connectivity index (χ1n) is 15.0. The Hall–Kier alpha value is -4.59. The summed E-state index contributed by atoms with van der Waals surface area (Å²) in [5, 5.41) is 12.1. The largest absolute Gasteiger partial charge is 0.351 e. The SMILES string of the molecule is C=CC(=O)N1CC[C@H](n2cnc3c(N4CC(N(C)C)C4)nc4c(F)c(-c5cccc6cnccc56)c(Cl)cc4c32)C[C@H]1CC#N. The second-order valence-electron chi connectivity index (χ2n) is 12.1. The number of pyridine rings is 2. The van der Waals surface area contributed by atoms with Crippen molar-refractivity contribution in [3.63, 3.8) is 0 Å². The molecule has 0 radical (unpaired) electrons. The van der Waals surface area contributed by atoms with E-state index in [0.29, 0.717) is 53.3 Å². The Balaban J connectivity index is 1.43. The Kier molecular flexibility index (Phi) is 7.38. The quantitative estimate of drug-likeness (QED) is 0.215. The molecule has 5 heterocycles. The lowest BCUT2D eigenvalue weighted by molar-refractivity contribution is -0.130. The van der Waals surface area contributed by atoms with E-state index in [-0.39, 0.29) is 35.0 Å². The molecule has 45 heavy (non-hydrogen) atoms. The van der Waals surface area contributed by atoms with Crippen LogP contribution in [0, 0.1) is 17.1 Å². The first-order valence-corrected chi connectivity index (χ1v) is 15.4. The number of likely N-dealkylation sites (tertiary alicyclic amines) is 1. The van der Waals surface area contributed by atoms with E-state index in [0.717, 1.165) is 29.4 Å². The number of aromatic nitrogens is 4. The summed E-state index contributed by atoms with van der Waals surface area (Å²) >= 11 is 6.96. The third-order valence-corrected chi connectivity index (χ3v) is 9.68. The van der Waals surface area contributed by atoms with E-state index >= 15 is 4.39 Å². The van der Waals surface area contributed by atoms with Gasteiger partial charge in [-0.05, 0) is 56.1 Å². The van der Waals surface area contributed by atoms with E-state index in [2.05, 4.69) is 46.1 Å². The van der Waals surface area contributed by atoms with E-state index in [1.807, 2.05) is 24.3 Å². The van der Waals surface area contributed by atoms with Gasteiger partial charge in [0, 0.05) is 66.5 Å². The summed E-state index contributed by atoms with van der Waals surface area (Å²) in [6.07, 6.45) is 7.94. The highest BCUT2D eigenvalue weighted by Gasteiger charge is 2.35. The predicted octanol–water partition coefficient (Wildman–Crippen LogP) is 5.97. The number of halogens is 2. The van der Waals surface area contributed by atoms with Gasteiger partial charge in [-0.25, -0.2) is 14.4 Å². The molecule has 7 rings (SSSR count). The van der Waals surface area contributed by atoms with Crippen molar-refractivity contribution in [2.75, 3.05) is 38.6 Å². The van der Waals surface area contributed by atoms with E-state index in [4.69, 9.17) is 21.6 Å². The van der Waals surface area contributed by atoms with Crippen molar-refractivity contribution in [1.82, 2.24) is 29.3 Å². The maximum atomic E-state index is 17.0. The molecule has 2 saturated heterocycles. The molecule has 9 nitrogen and oxygen atoms in total. The van der Waals surface area contributed by atoms with Crippen molar-refractivity contribution >= 4 is 56.0 Å². The smallest absolute Gasteiger partial charge is 0.246 e. The molecule has 0 N–H and O–H groups in total. The van der Waals surface area contributed by atoms with Gasteiger partial charge in [-0.15, -0.1) is 0 Å². The minimum absolute atomic E-state index is 0.0707. The predicted molar refractivity (Wildman–Crippen MR) is 175 cm³/mol. The number of anilines is 1. The Labute approximate surface area is 265 Å². The van der Waals surface area contributed by atoms with Crippen LogP contribution in [0.1, 0.15) is 25.3 Å². The molecule has 3 aromatic heterocycles. The van der Waals surface area contributed by atoms with Crippen LogP contribution in [0.15, 0.2) is 61.7 Å². The lowest BCUT2D eigenvalue weighted by Crippen LogP contribution is -2.57. The van der Waals surface area contributed by atoms with Crippen LogP contribution in [0.3, 0.4) is 0 Å². The Bertz CT molecular complexity index is 2020. The van der Waals surface area contributed by atoms with Gasteiger partial charge in [-0.2, -0.15) is 5.26 Å². The average Bonchev–Trinajstić information content (AvgIpc) is 3.46. The maximum Gasteiger partial charge on any atom is 0.246 e. The molecular weight excluding hydrogens is 591 g/mol. The van der Waals surface area contributed by atoms with Gasteiger partial charge in [0.1, 0.15) is 11.0 Å². The number of benzene rings is 2. The highest BCUT2D eigenvalue weighted by molar-refractivity contribution is 6.35. The van der Waals surface area contributed by atoms with Crippen LogP contribution in [0.5, 0.6) is 0 Å². The molecule has 0 unspecified atom stereocenters. The number of likely N-dealkylation sites (N-methyl/N-ethyl adjacent to an activating group) is 1. The van der Waals surface area contributed by atoms with Crippen LogP contribution >= 0.6 is 11.6 Å². The van der Waals surface area contributed by atoms with Crippen LogP contribution in [0.4, 0.5) is 10.2 Å². The first-order chi connectivity index (χ1) is 21.8. The van der Waals surface area contributed by atoms with E-state index in [1.165, 1.54) is 6.08 Å². The van der Waals surface area contributed by atoms with E-state index in [1.54, 1.807) is 29.7 Å². The second-order valence-corrected chi connectivity index (χ2v) is 12.5. The summed E-state index contributed by atoms with van der Waals surface area (Å²) in [5.41, 5.74) is 2.63. The topological polar surface area (TPSA) is 94.2 Å². The summed E-state index contributed by atoms with van der Waals surface area (Å²) < 4.78 is 19.0. The molecule has 1 amide bonds. The minimum atomic E-state index is -0.490. The fraction of sp³-hybridized carbons (Fsp3) is 0.324. The number of piperidine rings is 1. The number of amides is 1. The minimum Gasteiger partial charge on any atom is -0.351 e. The van der Waals surface area contributed by atoms with Gasteiger partial charge in [-0.1, -0.05) is 36.4 Å². The van der Waals surface area contributed by atoms with Gasteiger partial charge in [0.25, 0.3) is 0 Å². The Morgan fingerprint density at radius 1 is 1.24 bits per heavy atom. The molecule has 0 bridgehead atoms. The number of fused-ring (bicyclic) bond motifs is 4. The molecule has 228 valence electrons. The number of hydrogen-bond donors (Lipinski definition) is 0. The molecule has 2 fully saturated rings. The van der Waals surface area contributed by atoms with Crippen molar-refractivity contribution in [3.05, 3.63) is 72.5 Å². The lowest BCUT2D eigenvalue weighted by Gasteiger charge is -2.43. The summed E-state index contributed by atoms with van der Waals surface area (Å²) in [4.78, 5) is 32.6. The molecular formula is C34H32ClFN8O. The van der Waals surface area contributed by atoms with Crippen LogP contribution in [0.25, 0.3) is 43.8 Å². The summed E-state index contributed by atoms with van der Waals surface area (Å²) in [6.45, 7) is 5.61. The van der Waals surface area contributed by atoms with Crippen molar-refractivity contribution < 1.29 is 9.18 Å². The van der Waals surface area contributed by atoms with Gasteiger partial charge in [-0.3, -0.25) is 9.78 Å². The number of imidazole rings is 1. The molecule has 0 saturated carbocycles. The summed E-state index contributed by atoms with van der Waals surface area (Å²) in [5.74, 6) is -0.0346. The molecule has 11 heteroatoms. The fourth-order valence-corrected chi connectivity index (χ4v) is 7.17. The molecule has 2 aliphatic rings. The fourth-order valence-electron chi connectivity index (χ4n) is 6.88.